The fourth-order valence-electron chi connectivity index (χ4n) is 8.14. The van der Waals surface area contributed by atoms with Crippen LogP contribution in [0.5, 0.6) is 0 Å². The Kier molecular flexibility index (Phi) is 7.46. The molecule has 4 nitrogen and oxygen atoms in total. The van der Waals surface area contributed by atoms with Crippen molar-refractivity contribution in [3.05, 3.63) is 200 Å². The van der Waals surface area contributed by atoms with Crippen LogP contribution < -0.4 is 4.90 Å². The molecular weight excluding hydrogens is 683 g/mol. The highest BCUT2D eigenvalue weighted by atomic mass is 16.3. The maximum Gasteiger partial charge on any atom is 0.135 e. The van der Waals surface area contributed by atoms with Gasteiger partial charge in [0.15, 0.2) is 0 Å². The summed E-state index contributed by atoms with van der Waals surface area (Å²) in [6.45, 7) is 0. The minimum Gasteiger partial charge on any atom is -0.456 e. The van der Waals surface area contributed by atoms with Gasteiger partial charge in [-0.05, 0) is 81.9 Å². The van der Waals surface area contributed by atoms with Crippen LogP contribution in [0.4, 0.5) is 17.1 Å². The third kappa shape index (κ3) is 5.39. The average molecular weight is 716 g/mol. The quantitative estimate of drug-likeness (QED) is 0.161. The molecule has 0 aliphatic rings. The predicted molar refractivity (Wildman–Crippen MR) is 233 cm³/mol. The summed E-state index contributed by atoms with van der Waals surface area (Å²) in [7, 11) is 0. The van der Waals surface area contributed by atoms with Crippen molar-refractivity contribution in [2.45, 2.75) is 0 Å². The van der Waals surface area contributed by atoms with Crippen LogP contribution in [0, 0.1) is 0 Å². The number of furan rings is 1. The number of aromatic nitrogens is 2. The zero-order chi connectivity index (χ0) is 37.0. The Morgan fingerprint density at radius 2 is 0.946 bits per heavy atom. The summed E-state index contributed by atoms with van der Waals surface area (Å²) < 4.78 is 6.25. The molecule has 0 spiro atoms. The van der Waals surface area contributed by atoms with E-state index in [2.05, 4.69) is 181 Å². The molecule has 0 saturated carbocycles. The Labute approximate surface area is 323 Å². The Morgan fingerprint density at radius 1 is 0.357 bits per heavy atom. The average Bonchev–Trinajstić information content (AvgIpc) is 3.65. The van der Waals surface area contributed by atoms with Crippen LogP contribution in [0.25, 0.3) is 88.2 Å². The van der Waals surface area contributed by atoms with E-state index in [4.69, 9.17) is 14.4 Å². The predicted octanol–water partition coefficient (Wildman–Crippen LogP) is 14.3. The van der Waals surface area contributed by atoms with Crippen LogP contribution in [-0.2, 0) is 0 Å². The lowest BCUT2D eigenvalue weighted by molar-refractivity contribution is 0.669. The molecule has 11 rings (SSSR count). The van der Waals surface area contributed by atoms with E-state index in [-0.39, 0.29) is 0 Å². The molecule has 0 aliphatic carbocycles. The highest BCUT2D eigenvalue weighted by Gasteiger charge is 2.19. The van der Waals surface area contributed by atoms with Crippen molar-refractivity contribution in [2.75, 3.05) is 4.90 Å². The molecule has 4 heteroatoms. The molecule has 9 aromatic carbocycles. The molecule has 0 amide bonds. The van der Waals surface area contributed by atoms with Crippen LogP contribution in [0.15, 0.2) is 205 Å². The first-order chi connectivity index (χ1) is 27.7. The standard InChI is InChI=1S/C52H33N3O/c1-4-13-34(14-5-1)38-19-12-20-40(31-38)55(42-27-30-48-45(33-42)44-21-10-11-22-47(44)56-48)41-26-28-43-39(32-41)24-23-35-25-29-46-52(49(35)43)54-51(37-17-8-3-9-18-37)50(53-46)36-15-6-2-7-16-36/h1-33H. The minimum absolute atomic E-state index is 0.868. The maximum atomic E-state index is 6.25. The third-order valence-corrected chi connectivity index (χ3v) is 10.8. The van der Waals surface area contributed by atoms with Crippen LogP contribution >= 0.6 is 0 Å². The largest absolute Gasteiger partial charge is 0.456 e. The number of hydrogen-bond acceptors (Lipinski definition) is 4. The molecule has 0 saturated heterocycles. The van der Waals surface area contributed by atoms with Crippen molar-refractivity contribution in [1.82, 2.24) is 9.97 Å². The Bertz CT molecular complexity index is 3250. The lowest BCUT2D eigenvalue weighted by Crippen LogP contribution is -2.10. The molecule has 0 fully saturated rings. The molecule has 0 aliphatic heterocycles. The molecular formula is C52H33N3O. The highest BCUT2D eigenvalue weighted by Crippen LogP contribution is 2.42. The number of rotatable bonds is 6. The lowest BCUT2D eigenvalue weighted by atomic mass is 9.98. The van der Waals surface area contributed by atoms with Crippen molar-refractivity contribution < 1.29 is 4.42 Å². The number of fused-ring (bicyclic) bond motifs is 8. The second kappa shape index (κ2) is 13.1. The normalized spacial score (nSPS) is 11.6. The van der Waals surface area contributed by atoms with Crippen molar-refractivity contribution in [3.63, 3.8) is 0 Å². The van der Waals surface area contributed by atoms with Gasteiger partial charge in [0, 0.05) is 44.3 Å². The van der Waals surface area contributed by atoms with Gasteiger partial charge in [-0.3, -0.25) is 0 Å². The second-order valence-electron chi connectivity index (χ2n) is 14.2. The fourth-order valence-corrected chi connectivity index (χ4v) is 8.14. The third-order valence-electron chi connectivity index (χ3n) is 10.8. The zero-order valence-corrected chi connectivity index (χ0v) is 30.3. The molecule has 0 atom stereocenters. The van der Waals surface area contributed by atoms with E-state index in [0.717, 1.165) is 99.7 Å². The Morgan fingerprint density at radius 3 is 1.73 bits per heavy atom. The smallest absolute Gasteiger partial charge is 0.135 e. The molecule has 2 aromatic heterocycles. The van der Waals surface area contributed by atoms with Gasteiger partial charge in [0.05, 0.1) is 22.4 Å². The van der Waals surface area contributed by atoms with E-state index in [9.17, 15) is 0 Å². The van der Waals surface area contributed by atoms with Gasteiger partial charge in [-0.15, -0.1) is 0 Å². The summed E-state index contributed by atoms with van der Waals surface area (Å²) in [4.78, 5) is 13.1. The van der Waals surface area contributed by atoms with E-state index < -0.39 is 0 Å². The van der Waals surface area contributed by atoms with Gasteiger partial charge in [-0.25, -0.2) is 9.97 Å². The molecule has 11 aromatic rings. The first kappa shape index (κ1) is 31.9. The van der Waals surface area contributed by atoms with Crippen LogP contribution in [0.3, 0.4) is 0 Å². The minimum atomic E-state index is 0.868. The lowest BCUT2D eigenvalue weighted by Gasteiger charge is -2.26. The first-order valence-corrected chi connectivity index (χ1v) is 18.9. The molecule has 0 radical (unpaired) electrons. The van der Waals surface area contributed by atoms with Gasteiger partial charge in [-0.1, -0.05) is 146 Å². The molecule has 0 N–H and O–H groups in total. The molecule has 0 bridgehead atoms. The Balaban J connectivity index is 1.13. The van der Waals surface area contributed by atoms with E-state index in [1.54, 1.807) is 0 Å². The van der Waals surface area contributed by atoms with Crippen LogP contribution in [-0.4, -0.2) is 9.97 Å². The van der Waals surface area contributed by atoms with Crippen molar-refractivity contribution in [3.8, 4) is 33.6 Å². The van der Waals surface area contributed by atoms with Gasteiger partial charge in [0.25, 0.3) is 0 Å². The topological polar surface area (TPSA) is 42.2 Å². The van der Waals surface area contributed by atoms with E-state index in [1.807, 2.05) is 24.3 Å². The molecule has 2 heterocycles. The van der Waals surface area contributed by atoms with Gasteiger partial charge in [0.1, 0.15) is 11.2 Å². The number of benzene rings is 9. The van der Waals surface area contributed by atoms with Crippen LogP contribution in [0.1, 0.15) is 0 Å². The monoisotopic (exact) mass is 715 g/mol. The van der Waals surface area contributed by atoms with E-state index in [1.165, 1.54) is 5.56 Å². The first-order valence-electron chi connectivity index (χ1n) is 18.9. The number of anilines is 3. The highest BCUT2D eigenvalue weighted by molar-refractivity contribution is 6.19. The number of hydrogen-bond donors (Lipinski definition) is 0. The molecule has 0 unspecified atom stereocenters. The van der Waals surface area contributed by atoms with Crippen molar-refractivity contribution in [2.24, 2.45) is 0 Å². The summed E-state index contributed by atoms with van der Waals surface area (Å²) in [5.74, 6) is 0. The number of para-hydroxylation sites is 1. The Hall–Kier alpha value is -7.56. The summed E-state index contributed by atoms with van der Waals surface area (Å²) >= 11 is 0. The van der Waals surface area contributed by atoms with Crippen molar-refractivity contribution >= 4 is 71.6 Å². The SMILES string of the molecule is c1ccc(-c2cccc(N(c3ccc4c(ccc5ccc6nc(-c7ccccc7)c(-c7ccccc7)nc6c54)c3)c3ccc4oc5ccccc5c4c3)c2)cc1. The summed E-state index contributed by atoms with van der Waals surface area (Å²) in [5.41, 5.74) is 12.8. The summed E-state index contributed by atoms with van der Waals surface area (Å²) in [6.07, 6.45) is 0. The van der Waals surface area contributed by atoms with Gasteiger partial charge < -0.3 is 9.32 Å². The molecule has 56 heavy (non-hydrogen) atoms. The number of nitrogens with zero attached hydrogens (tertiary/aromatic N) is 3. The van der Waals surface area contributed by atoms with Gasteiger partial charge in [-0.2, -0.15) is 0 Å². The zero-order valence-electron chi connectivity index (χ0n) is 30.3. The molecule has 262 valence electrons. The van der Waals surface area contributed by atoms with Gasteiger partial charge in [0.2, 0.25) is 0 Å². The van der Waals surface area contributed by atoms with Crippen molar-refractivity contribution in [1.29, 1.82) is 0 Å². The van der Waals surface area contributed by atoms with E-state index in [0.29, 0.717) is 0 Å². The maximum absolute atomic E-state index is 6.25. The summed E-state index contributed by atoms with van der Waals surface area (Å²) in [6, 6.07) is 70.3. The fraction of sp³-hybridized carbons (Fsp3) is 0. The van der Waals surface area contributed by atoms with E-state index >= 15 is 0 Å². The van der Waals surface area contributed by atoms with Gasteiger partial charge >= 0.3 is 0 Å². The second-order valence-corrected chi connectivity index (χ2v) is 14.2. The van der Waals surface area contributed by atoms with Crippen LogP contribution in [0.2, 0.25) is 0 Å². The summed E-state index contributed by atoms with van der Waals surface area (Å²) in [5, 5.41) is 6.67.